The molecule has 1 atom stereocenters. The van der Waals surface area contributed by atoms with E-state index in [0.29, 0.717) is 5.92 Å². The Morgan fingerprint density at radius 2 is 2.30 bits per heavy atom. The quantitative estimate of drug-likeness (QED) is 0.799. The molecular weight excluding hydrogens is 286 g/mol. The van der Waals surface area contributed by atoms with Crippen molar-refractivity contribution in [3.05, 3.63) is 59.7 Å². The lowest BCUT2D eigenvalue weighted by Crippen LogP contribution is -2.20. The molecule has 4 rings (SSSR count). The summed E-state index contributed by atoms with van der Waals surface area (Å²) in [7, 11) is 0. The normalized spacial score (nSPS) is 18.5. The molecule has 0 radical (unpaired) electrons. The molecule has 116 valence electrons. The lowest BCUT2D eigenvalue weighted by atomic mass is 9.98. The zero-order chi connectivity index (χ0) is 15.6. The van der Waals surface area contributed by atoms with E-state index in [2.05, 4.69) is 22.1 Å². The number of likely N-dealkylation sites (tertiary alicyclic amines) is 1. The second kappa shape index (κ2) is 5.94. The van der Waals surface area contributed by atoms with Gasteiger partial charge in [0.1, 0.15) is 5.76 Å². The van der Waals surface area contributed by atoms with Gasteiger partial charge in [-0.25, -0.2) is 0 Å². The average molecular weight is 305 g/mol. The van der Waals surface area contributed by atoms with Crippen LogP contribution in [0.15, 0.2) is 47.2 Å². The maximum absolute atomic E-state index is 9.09. The van der Waals surface area contributed by atoms with Crippen molar-refractivity contribution in [2.45, 2.75) is 19.4 Å². The number of nitrogens with one attached hydrogen (secondary N) is 1. The Labute approximate surface area is 135 Å². The molecule has 3 aromatic rings. The van der Waals surface area contributed by atoms with Gasteiger partial charge in [0, 0.05) is 23.6 Å². The van der Waals surface area contributed by atoms with Crippen LogP contribution in [0.25, 0.3) is 10.9 Å². The van der Waals surface area contributed by atoms with Gasteiger partial charge in [0.05, 0.1) is 24.4 Å². The van der Waals surface area contributed by atoms with E-state index in [1.54, 1.807) is 6.26 Å². The third kappa shape index (κ3) is 2.88. The first-order chi connectivity index (χ1) is 11.3. The van der Waals surface area contributed by atoms with Gasteiger partial charge in [-0.15, -0.1) is 0 Å². The second-order valence-corrected chi connectivity index (χ2v) is 6.36. The third-order valence-corrected chi connectivity index (χ3v) is 4.73. The van der Waals surface area contributed by atoms with Crippen LogP contribution in [0.2, 0.25) is 0 Å². The average Bonchev–Trinajstić information content (AvgIpc) is 3.30. The largest absolute Gasteiger partial charge is 0.468 e. The summed E-state index contributed by atoms with van der Waals surface area (Å²) in [4.78, 5) is 5.78. The van der Waals surface area contributed by atoms with E-state index >= 15 is 0 Å². The van der Waals surface area contributed by atoms with Crippen LogP contribution in [0.4, 0.5) is 0 Å². The maximum Gasteiger partial charge on any atom is 0.117 e. The smallest absolute Gasteiger partial charge is 0.117 e. The number of H-pyrrole nitrogens is 1. The minimum absolute atomic E-state index is 0.662. The molecule has 0 bridgehead atoms. The first kappa shape index (κ1) is 14.1. The number of aromatic nitrogens is 1. The highest BCUT2D eigenvalue weighted by molar-refractivity contribution is 5.84. The predicted molar refractivity (Wildman–Crippen MR) is 88.8 cm³/mol. The molecule has 0 spiro atoms. The third-order valence-electron chi connectivity index (χ3n) is 4.73. The van der Waals surface area contributed by atoms with Crippen LogP contribution in [0.3, 0.4) is 0 Å². The standard InChI is InChI=1S/C19H19N3O/c20-10-14-3-4-19-18(9-14)16(11-21-19)8-15-5-6-22(12-15)13-17-2-1-7-23-17/h1-4,7,9,11,15,21H,5-6,8,12-13H2. The summed E-state index contributed by atoms with van der Waals surface area (Å²) >= 11 is 0. The van der Waals surface area contributed by atoms with Gasteiger partial charge in [0.25, 0.3) is 0 Å². The molecule has 1 saturated heterocycles. The van der Waals surface area contributed by atoms with Gasteiger partial charge in [-0.2, -0.15) is 5.26 Å². The number of benzene rings is 1. The van der Waals surface area contributed by atoms with Crippen LogP contribution in [-0.2, 0) is 13.0 Å². The minimum atomic E-state index is 0.662. The van der Waals surface area contributed by atoms with E-state index in [0.717, 1.165) is 42.9 Å². The van der Waals surface area contributed by atoms with Gasteiger partial charge in [-0.3, -0.25) is 4.90 Å². The molecule has 3 heterocycles. The van der Waals surface area contributed by atoms with E-state index < -0.39 is 0 Å². The van der Waals surface area contributed by atoms with Crippen molar-refractivity contribution < 1.29 is 4.42 Å². The van der Waals surface area contributed by atoms with Gasteiger partial charge in [-0.05, 0) is 61.2 Å². The number of fused-ring (bicyclic) bond motifs is 1. The highest BCUT2D eigenvalue weighted by Crippen LogP contribution is 2.27. The zero-order valence-electron chi connectivity index (χ0n) is 13.0. The lowest BCUT2D eigenvalue weighted by molar-refractivity contribution is 0.286. The van der Waals surface area contributed by atoms with Crippen LogP contribution in [0.1, 0.15) is 23.3 Å². The van der Waals surface area contributed by atoms with Gasteiger partial charge in [-0.1, -0.05) is 0 Å². The van der Waals surface area contributed by atoms with Crippen LogP contribution in [0, 0.1) is 17.2 Å². The molecule has 23 heavy (non-hydrogen) atoms. The summed E-state index contributed by atoms with van der Waals surface area (Å²) < 4.78 is 5.44. The van der Waals surface area contributed by atoms with Crippen molar-refractivity contribution in [3.8, 4) is 6.07 Å². The first-order valence-electron chi connectivity index (χ1n) is 8.06. The van der Waals surface area contributed by atoms with E-state index in [-0.39, 0.29) is 0 Å². The van der Waals surface area contributed by atoms with Crippen molar-refractivity contribution >= 4 is 10.9 Å². The first-order valence-corrected chi connectivity index (χ1v) is 8.06. The topological polar surface area (TPSA) is 56.0 Å². The van der Waals surface area contributed by atoms with Crippen molar-refractivity contribution in [1.82, 2.24) is 9.88 Å². The van der Waals surface area contributed by atoms with Gasteiger partial charge < -0.3 is 9.40 Å². The Balaban J connectivity index is 1.46. The van der Waals surface area contributed by atoms with E-state index in [9.17, 15) is 0 Å². The Bertz CT molecular complexity index is 841. The number of furan rings is 1. The summed E-state index contributed by atoms with van der Waals surface area (Å²) in [6.45, 7) is 3.12. The molecule has 1 aliphatic rings. The molecule has 1 fully saturated rings. The molecule has 1 unspecified atom stereocenters. The highest BCUT2D eigenvalue weighted by atomic mass is 16.3. The molecule has 0 aliphatic carbocycles. The second-order valence-electron chi connectivity index (χ2n) is 6.36. The predicted octanol–water partition coefficient (Wildman–Crippen LogP) is 3.70. The Kier molecular flexibility index (Phi) is 3.64. The lowest BCUT2D eigenvalue weighted by Gasteiger charge is -2.14. The summed E-state index contributed by atoms with van der Waals surface area (Å²) in [5.74, 6) is 1.70. The van der Waals surface area contributed by atoms with Gasteiger partial charge >= 0.3 is 0 Å². The van der Waals surface area contributed by atoms with Crippen LogP contribution in [0.5, 0.6) is 0 Å². The number of nitrogens with zero attached hydrogens (tertiary/aromatic N) is 2. The fourth-order valence-corrected chi connectivity index (χ4v) is 3.57. The van der Waals surface area contributed by atoms with E-state index in [1.807, 2.05) is 30.3 Å². The fraction of sp³-hybridized carbons (Fsp3) is 0.316. The van der Waals surface area contributed by atoms with Crippen molar-refractivity contribution in [1.29, 1.82) is 5.26 Å². The summed E-state index contributed by atoms with van der Waals surface area (Å²) in [5.41, 5.74) is 3.16. The van der Waals surface area contributed by atoms with Crippen molar-refractivity contribution in [3.63, 3.8) is 0 Å². The fourth-order valence-electron chi connectivity index (χ4n) is 3.57. The minimum Gasteiger partial charge on any atom is -0.468 e. The molecular formula is C19H19N3O. The number of rotatable bonds is 4. The zero-order valence-corrected chi connectivity index (χ0v) is 13.0. The monoisotopic (exact) mass is 305 g/mol. The van der Waals surface area contributed by atoms with Crippen molar-refractivity contribution in [2.75, 3.05) is 13.1 Å². The Morgan fingerprint density at radius 1 is 1.35 bits per heavy atom. The molecule has 4 nitrogen and oxygen atoms in total. The van der Waals surface area contributed by atoms with Crippen LogP contribution < -0.4 is 0 Å². The summed E-state index contributed by atoms with van der Waals surface area (Å²) in [6.07, 6.45) is 6.11. The molecule has 0 amide bonds. The highest BCUT2D eigenvalue weighted by Gasteiger charge is 2.24. The molecule has 1 aliphatic heterocycles. The Hall–Kier alpha value is -2.51. The molecule has 0 saturated carbocycles. The molecule has 1 aromatic carbocycles. The van der Waals surface area contributed by atoms with Gasteiger partial charge in [0.15, 0.2) is 0 Å². The Morgan fingerprint density at radius 3 is 3.13 bits per heavy atom. The van der Waals surface area contributed by atoms with E-state index in [4.69, 9.17) is 9.68 Å². The number of hydrogen-bond acceptors (Lipinski definition) is 3. The molecule has 2 aromatic heterocycles. The number of nitriles is 1. The summed E-state index contributed by atoms with van der Waals surface area (Å²) in [5, 5.41) is 10.3. The van der Waals surface area contributed by atoms with E-state index in [1.165, 1.54) is 17.4 Å². The molecule has 4 heteroatoms. The SMILES string of the molecule is N#Cc1ccc2[nH]cc(CC3CCN(Cc4ccco4)C3)c2c1. The maximum atomic E-state index is 9.09. The number of aromatic amines is 1. The van der Waals surface area contributed by atoms with Gasteiger partial charge in [0.2, 0.25) is 0 Å². The summed E-state index contributed by atoms with van der Waals surface area (Å²) in [6, 6.07) is 12.1. The number of hydrogen-bond donors (Lipinski definition) is 1. The molecule has 1 N–H and O–H groups in total. The van der Waals surface area contributed by atoms with Crippen LogP contribution in [-0.4, -0.2) is 23.0 Å². The van der Waals surface area contributed by atoms with Crippen LogP contribution >= 0.6 is 0 Å². The van der Waals surface area contributed by atoms with Crippen molar-refractivity contribution in [2.24, 2.45) is 5.92 Å².